The molecule has 0 saturated heterocycles. The van der Waals surface area contributed by atoms with Gasteiger partial charge in [-0.25, -0.2) is 4.79 Å². The van der Waals surface area contributed by atoms with Crippen LogP contribution in [0.1, 0.15) is 47.1 Å². The lowest BCUT2D eigenvalue weighted by Gasteiger charge is -2.06. The van der Waals surface area contributed by atoms with Gasteiger partial charge in [0.1, 0.15) is 0 Å². The highest BCUT2D eigenvalue weighted by atomic mass is 16.2. The van der Waals surface area contributed by atoms with E-state index in [4.69, 9.17) is 0 Å². The number of hydrogen-bond acceptors (Lipinski definition) is 2. The lowest BCUT2D eigenvalue weighted by molar-refractivity contribution is 0.647. The van der Waals surface area contributed by atoms with Crippen molar-refractivity contribution in [1.29, 1.82) is 0 Å². The van der Waals surface area contributed by atoms with Crippen molar-refractivity contribution >= 4 is 0 Å². The topological polar surface area (TPSA) is 65.7 Å². The summed E-state index contributed by atoms with van der Waals surface area (Å²) < 4.78 is 0. The molecule has 2 rings (SSSR count). The standard InChI is InChI=1S/C14H16N2O2.2C2H6/c1-9(2)7-10-3-5-11(6-4-10)12-8-15-14(18)16-13(12)17;2*1-2/h3-6,8-9H,7H2,1-2H3,(H2,15,16,17,18);2*1-2H3. The number of rotatable bonds is 3. The van der Waals surface area contributed by atoms with Crippen molar-refractivity contribution in [2.75, 3.05) is 0 Å². The van der Waals surface area contributed by atoms with Crippen LogP contribution in [0.5, 0.6) is 0 Å². The Labute approximate surface area is 132 Å². The first-order chi connectivity index (χ1) is 10.6. The molecule has 0 spiro atoms. The lowest BCUT2D eigenvalue weighted by Crippen LogP contribution is -2.22. The molecule has 1 aromatic heterocycles. The van der Waals surface area contributed by atoms with E-state index in [1.54, 1.807) is 0 Å². The summed E-state index contributed by atoms with van der Waals surface area (Å²) in [4.78, 5) is 27.3. The first kappa shape index (κ1) is 19.9. The molecule has 0 saturated carbocycles. The molecule has 0 bridgehead atoms. The Kier molecular flexibility index (Phi) is 9.59. The van der Waals surface area contributed by atoms with Crippen molar-refractivity contribution in [3.8, 4) is 11.1 Å². The van der Waals surface area contributed by atoms with Crippen LogP contribution in [-0.2, 0) is 6.42 Å². The van der Waals surface area contributed by atoms with Crippen LogP contribution in [0.2, 0.25) is 0 Å². The maximum absolute atomic E-state index is 11.6. The fourth-order valence-electron chi connectivity index (χ4n) is 1.92. The summed E-state index contributed by atoms with van der Waals surface area (Å²) in [5.41, 5.74) is 1.68. The zero-order valence-electron chi connectivity index (χ0n) is 14.5. The van der Waals surface area contributed by atoms with Crippen LogP contribution in [0.25, 0.3) is 11.1 Å². The summed E-state index contributed by atoms with van der Waals surface area (Å²) in [6, 6.07) is 7.83. The number of H-pyrrole nitrogens is 2. The summed E-state index contributed by atoms with van der Waals surface area (Å²) in [7, 11) is 0. The van der Waals surface area contributed by atoms with Crippen LogP contribution in [0.15, 0.2) is 40.1 Å². The SMILES string of the molecule is CC.CC.CC(C)Cc1ccc(-c2c[nH]c(=O)[nH]c2=O)cc1. The van der Waals surface area contributed by atoms with Gasteiger partial charge < -0.3 is 4.98 Å². The van der Waals surface area contributed by atoms with Gasteiger partial charge in [0.25, 0.3) is 5.56 Å². The second-order valence-corrected chi connectivity index (χ2v) is 4.78. The summed E-state index contributed by atoms with van der Waals surface area (Å²) in [5, 5.41) is 0. The van der Waals surface area contributed by atoms with E-state index < -0.39 is 5.69 Å². The molecule has 122 valence electrons. The Morgan fingerprint density at radius 2 is 1.50 bits per heavy atom. The molecule has 0 unspecified atom stereocenters. The Bertz CT molecular complexity index is 637. The lowest BCUT2D eigenvalue weighted by atomic mass is 10.0. The van der Waals surface area contributed by atoms with Crippen molar-refractivity contribution < 1.29 is 0 Å². The van der Waals surface area contributed by atoms with Crippen molar-refractivity contribution in [3.63, 3.8) is 0 Å². The molecule has 0 amide bonds. The summed E-state index contributed by atoms with van der Waals surface area (Å²) in [5.74, 6) is 0.604. The number of hydrogen-bond donors (Lipinski definition) is 2. The molecular weight excluding hydrogens is 276 g/mol. The zero-order valence-corrected chi connectivity index (χ0v) is 14.5. The van der Waals surface area contributed by atoms with Crippen LogP contribution in [-0.4, -0.2) is 9.97 Å². The Morgan fingerprint density at radius 3 is 1.95 bits per heavy atom. The molecule has 0 fully saturated rings. The Hall–Kier alpha value is -2.10. The molecule has 4 nitrogen and oxygen atoms in total. The number of nitrogens with one attached hydrogen (secondary N) is 2. The van der Waals surface area contributed by atoms with Crippen LogP contribution >= 0.6 is 0 Å². The number of benzene rings is 1. The predicted molar refractivity (Wildman–Crippen MR) is 94.4 cm³/mol. The molecule has 2 aromatic rings. The van der Waals surface area contributed by atoms with Gasteiger partial charge in [-0.3, -0.25) is 9.78 Å². The van der Waals surface area contributed by atoms with E-state index in [-0.39, 0.29) is 5.56 Å². The quantitative estimate of drug-likeness (QED) is 0.900. The van der Waals surface area contributed by atoms with Gasteiger partial charge in [0, 0.05) is 6.20 Å². The van der Waals surface area contributed by atoms with E-state index in [9.17, 15) is 9.59 Å². The molecule has 22 heavy (non-hydrogen) atoms. The third-order valence-electron chi connectivity index (χ3n) is 2.73. The fourth-order valence-corrected chi connectivity index (χ4v) is 1.92. The predicted octanol–water partition coefficient (Wildman–Crippen LogP) is 3.98. The highest BCUT2D eigenvalue weighted by Crippen LogP contribution is 2.16. The fraction of sp³-hybridized carbons (Fsp3) is 0.444. The van der Waals surface area contributed by atoms with Gasteiger partial charge in [0.05, 0.1) is 5.56 Å². The molecular formula is C18H28N2O2. The van der Waals surface area contributed by atoms with Gasteiger partial charge in [0.2, 0.25) is 0 Å². The molecule has 2 N–H and O–H groups in total. The van der Waals surface area contributed by atoms with Crippen molar-refractivity contribution in [2.24, 2.45) is 5.92 Å². The highest BCUT2D eigenvalue weighted by molar-refractivity contribution is 5.61. The van der Waals surface area contributed by atoms with Crippen LogP contribution in [0, 0.1) is 5.92 Å². The molecule has 0 aliphatic rings. The third-order valence-corrected chi connectivity index (χ3v) is 2.73. The summed E-state index contributed by atoms with van der Waals surface area (Å²) in [6.07, 6.45) is 2.46. The molecule has 1 aromatic carbocycles. The maximum Gasteiger partial charge on any atom is 0.325 e. The third kappa shape index (κ3) is 6.12. The first-order valence-corrected chi connectivity index (χ1v) is 7.97. The van der Waals surface area contributed by atoms with Crippen molar-refractivity contribution in [2.45, 2.75) is 48.0 Å². The number of aromatic amines is 2. The van der Waals surface area contributed by atoms with Crippen molar-refractivity contribution in [3.05, 3.63) is 56.9 Å². The molecule has 4 heteroatoms. The average molecular weight is 304 g/mol. The van der Waals surface area contributed by atoms with Gasteiger partial charge in [-0.1, -0.05) is 65.8 Å². The summed E-state index contributed by atoms with van der Waals surface area (Å²) in [6.45, 7) is 12.3. The Morgan fingerprint density at radius 1 is 0.955 bits per heavy atom. The highest BCUT2D eigenvalue weighted by Gasteiger charge is 2.04. The minimum absolute atomic E-state index is 0.365. The van der Waals surface area contributed by atoms with E-state index in [0.717, 1.165) is 12.0 Å². The molecule has 0 radical (unpaired) electrons. The second kappa shape index (κ2) is 10.6. The van der Waals surface area contributed by atoms with Crippen LogP contribution < -0.4 is 11.2 Å². The van der Waals surface area contributed by atoms with E-state index in [1.807, 2.05) is 52.0 Å². The number of aromatic nitrogens is 2. The molecule has 0 aliphatic carbocycles. The van der Waals surface area contributed by atoms with E-state index in [2.05, 4.69) is 23.8 Å². The Balaban J connectivity index is 0.00000102. The van der Waals surface area contributed by atoms with E-state index >= 15 is 0 Å². The minimum atomic E-state index is -0.486. The smallest absolute Gasteiger partial charge is 0.313 e. The molecule has 0 aliphatic heterocycles. The second-order valence-electron chi connectivity index (χ2n) is 4.78. The van der Waals surface area contributed by atoms with E-state index in [1.165, 1.54) is 11.8 Å². The average Bonchev–Trinajstić information content (AvgIpc) is 2.52. The normalized spacial score (nSPS) is 9.41. The molecule has 1 heterocycles. The van der Waals surface area contributed by atoms with Gasteiger partial charge >= 0.3 is 5.69 Å². The maximum atomic E-state index is 11.6. The minimum Gasteiger partial charge on any atom is -0.313 e. The van der Waals surface area contributed by atoms with Gasteiger partial charge in [-0.05, 0) is 23.5 Å². The van der Waals surface area contributed by atoms with E-state index in [0.29, 0.717) is 11.5 Å². The first-order valence-electron chi connectivity index (χ1n) is 7.97. The van der Waals surface area contributed by atoms with Gasteiger partial charge in [0.15, 0.2) is 0 Å². The van der Waals surface area contributed by atoms with Gasteiger partial charge in [-0.2, -0.15) is 0 Å². The monoisotopic (exact) mass is 304 g/mol. The summed E-state index contributed by atoms with van der Waals surface area (Å²) >= 11 is 0. The van der Waals surface area contributed by atoms with Gasteiger partial charge in [-0.15, -0.1) is 0 Å². The largest absolute Gasteiger partial charge is 0.325 e. The van der Waals surface area contributed by atoms with Crippen LogP contribution in [0.3, 0.4) is 0 Å². The molecule has 0 atom stereocenters. The van der Waals surface area contributed by atoms with Crippen molar-refractivity contribution in [1.82, 2.24) is 9.97 Å². The zero-order chi connectivity index (χ0) is 17.1. The van der Waals surface area contributed by atoms with Crippen LogP contribution in [0.4, 0.5) is 0 Å².